The van der Waals surface area contributed by atoms with Crippen molar-refractivity contribution in [3.05, 3.63) is 69.7 Å². The van der Waals surface area contributed by atoms with Gasteiger partial charge in [0.2, 0.25) is 0 Å². The predicted molar refractivity (Wildman–Crippen MR) is 120 cm³/mol. The third-order valence-corrected chi connectivity index (χ3v) is 5.85. The van der Waals surface area contributed by atoms with Gasteiger partial charge in [0, 0.05) is 38.2 Å². The van der Waals surface area contributed by atoms with E-state index in [0.29, 0.717) is 54.8 Å². The van der Waals surface area contributed by atoms with Crippen LogP contribution in [-0.4, -0.2) is 59.4 Å². The molecule has 1 saturated heterocycles. The van der Waals surface area contributed by atoms with Crippen LogP contribution in [0.25, 0.3) is 11.1 Å². The van der Waals surface area contributed by atoms with Crippen LogP contribution in [0.5, 0.6) is 0 Å². The molecule has 1 aliphatic rings. The highest BCUT2D eigenvalue weighted by atomic mass is 19.4. The highest BCUT2D eigenvalue weighted by Crippen LogP contribution is 2.29. The van der Waals surface area contributed by atoms with Gasteiger partial charge in [0.15, 0.2) is 11.4 Å². The lowest BCUT2D eigenvalue weighted by Crippen LogP contribution is -2.32. The Labute approximate surface area is 198 Å². The number of rotatable bonds is 6. The summed E-state index contributed by atoms with van der Waals surface area (Å²) in [6, 6.07) is 9.50. The summed E-state index contributed by atoms with van der Waals surface area (Å²) in [4.78, 5) is 42.4. The Morgan fingerprint density at radius 3 is 2.54 bits per heavy atom. The third-order valence-electron chi connectivity index (χ3n) is 5.85. The number of nitrogens with zero attached hydrogens (tertiary/aromatic N) is 2. The summed E-state index contributed by atoms with van der Waals surface area (Å²) in [6.07, 6.45) is -4.08. The molecule has 0 bridgehead atoms. The molecule has 8 nitrogen and oxygen atoms in total. The number of hydrogen-bond acceptors (Lipinski definition) is 6. The van der Waals surface area contributed by atoms with E-state index in [1.54, 1.807) is 12.1 Å². The van der Waals surface area contributed by atoms with Gasteiger partial charge in [-0.1, -0.05) is 12.1 Å². The Balaban J connectivity index is 1.30. The van der Waals surface area contributed by atoms with E-state index in [0.717, 1.165) is 12.1 Å². The zero-order valence-electron chi connectivity index (χ0n) is 18.8. The average Bonchev–Trinajstić information content (AvgIpc) is 3.22. The molecule has 186 valence electrons. The third kappa shape index (κ3) is 6.30. The number of carbonyl (C=O) groups is 2. The molecule has 2 heterocycles. The molecule has 1 aliphatic heterocycles. The molecule has 11 heteroatoms. The Morgan fingerprint density at radius 1 is 1.03 bits per heavy atom. The van der Waals surface area contributed by atoms with Gasteiger partial charge in [0.25, 0.3) is 0 Å². The maximum absolute atomic E-state index is 12.8. The Hall–Kier alpha value is -3.60. The van der Waals surface area contributed by atoms with E-state index < -0.39 is 23.6 Å². The van der Waals surface area contributed by atoms with Gasteiger partial charge in [-0.05, 0) is 48.9 Å². The van der Waals surface area contributed by atoms with Gasteiger partial charge in [0.05, 0.1) is 11.1 Å². The number of amides is 1. The van der Waals surface area contributed by atoms with Crippen molar-refractivity contribution in [2.24, 2.45) is 0 Å². The number of cyclic esters (lactones) is 1. The molecule has 3 aromatic rings. The largest absolute Gasteiger partial charge is 0.448 e. The maximum atomic E-state index is 12.8. The van der Waals surface area contributed by atoms with Crippen LogP contribution in [0.15, 0.2) is 51.7 Å². The van der Waals surface area contributed by atoms with E-state index in [1.807, 2.05) is 4.90 Å². The number of H-pyrrole nitrogens is 1. The summed E-state index contributed by atoms with van der Waals surface area (Å²) in [5.41, 5.74) is 1.12. The minimum absolute atomic E-state index is 0.100. The Bertz CT molecular complexity index is 1250. The van der Waals surface area contributed by atoms with Crippen molar-refractivity contribution in [2.45, 2.75) is 25.6 Å². The van der Waals surface area contributed by atoms with Gasteiger partial charge in [-0.25, -0.2) is 9.59 Å². The van der Waals surface area contributed by atoms with Gasteiger partial charge in [-0.15, -0.1) is 0 Å². The zero-order valence-corrected chi connectivity index (χ0v) is 18.8. The molecule has 2 aromatic carbocycles. The van der Waals surface area contributed by atoms with Gasteiger partial charge in [-0.2, -0.15) is 13.2 Å². The monoisotopic (exact) mass is 491 g/mol. The Morgan fingerprint density at radius 2 is 1.80 bits per heavy atom. The smallest absolute Gasteiger partial charge is 0.417 e. The molecule has 0 radical (unpaired) electrons. The van der Waals surface area contributed by atoms with Crippen LogP contribution >= 0.6 is 0 Å². The average molecular weight is 491 g/mol. The minimum Gasteiger partial charge on any atom is -0.448 e. The number of ketones is 1. The quantitative estimate of drug-likeness (QED) is 0.523. The van der Waals surface area contributed by atoms with E-state index in [2.05, 4.69) is 4.98 Å². The second kappa shape index (κ2) is 10.3. The number of aromatic amines is 1. The van der Waals surface area contributed by atoms with Gasteiger partial charge in [-0.3, -0.25) is 14.7 Å². The molecular weight excluding hydrogens is 467 g/mol. The fourth-order valence-electron chi connectivity index (χ4n) is 3.95. The summed E-state index contributed by atoms with van der Waals surface area (Å²) < 4.78 is 48.6. The molecule has 1 fully saturated rings. The summed E-state index contributed by atoms with van der Waals surface area (Å²) in [7, 11) is 0. The molecular formula is C24H24F3N3O5. The summed E-state index contributed by atoms with van der Waals surface area (Å²) >= 11 is 0. The number of halogens is 3. The van der Waals surface area contributed by atoms with Crippen molar-refractivity contribution in [2.75, 3.05) is 32.8 Å². The fraction of sp³-hybridized carbons (Fsp3) is 0.375. The molecule has 0 unspecified atom stereocenters. The molecule has 0 spiro atoms. The maximum Gasteiger partial charge on any atom is 0.417 e. The SMILES string of the molecule is O=C(CCN1CCCN(Cc2ccc(C(F)(F)F)cc2)C(=O)OCC1)c1ccc2[nH]c(=O)oc2c1. The summed E-state index contributed by atoms with van der Waals surface area (Å²) in [5, 5.41) is 0. The summed E-state index contributed by atoms with van der Waals surface area (Å²) in [5.74, 6) is -0.681. The van der Waals surface area contributed by atoms with Crippen LogP contribution in [0.3, 0.4) is 0 Å². The first kappa shape index (κ1) is 24.5. The number of nitrogens with one attached hydrogen (secondary N) is 1. The fourth-order valence-corrected chi connectivity index (χ4v) is 3.95. The number of fused-ring (bicyclic) bond motifs is 1. The van der Waals surface area contributed by atoms with E-state index in [9.17, 15) is 27.6 Å². The van der Waals surface area contributed by atoms with Crippen LogP contribution in [0.4, 0.5) is 18.0 Å². The highest BCUT2D eigenvalue weighted by molar-refractivity contribution is 5.98. The van der Waals surface area contributed by atoms with Crippen LogP contribution in [0.1, 0.15) is 34.3 Å². The zero-order chi connectivity index (χ0) is 25.0. The molecule has 1 amide bonds. The first-order chi connectivity index (χ1) is 16.7. The lowest BCUT2D eigenvalue weighted by atomic mass is 10.1. The number of oxazole rings is 1. The number of alkyl halides is 3. The van der Waals surface area contributed by atoms with Crippen molar-refractivity contribution in [1.82, 2.24) is 14.8 Å². The van der Waals surface area contributed by atoms with Crippen LogP contribution in [-0.2, 0) is 17.5 Å². The van der Waals surface area contributed by atoms with Crippen molar-refractivity contribution in [1.29, 1.82) is 0 Å². The van der Waals surface area contributed by atoms with E-state index in [-0.39, 0.29) is 25.4 Å². The first-order valence-corrected chi connectivity index (χ1v) is 11.2. The lowest BCUT2D eigenvalue weighted by molar-refractivity contribution is -0.137. The first-order valence-electron chi connectivity index (χ1n) is 11.2. The number of carbonyl (C=O) groups excluding carboxylic acids is 2. The van der Waals surface area contributed by atoms with E-state index in [4.69, 9.17) is 9.15 Å². The number of hydrogen-bond donors (Lipinski definition) is 1. The predicted octanol–water partition coefficient (Wildman–Crippen LogP) is 4.06. The van der Waals surface area contributed by atoms with E-state index >= 15 is 0 Å². The van der Waals surface area contributed by atoms with Crippen LogP contribution < -0.4 is 5.76 Å². The van der Waals surface area contributed by atoms with E-state index in [1.165, 1.54) is 23.1 Å². The standard InChI is InChI=1S/C24H24F3N3O5/c25-24(26,27)18-5-2-16(3-6-18)15-30-10-1-9-29(12-13-34-23(30)33)11-8-20(31)17-4-7-19-21(14-17)35-22(32)28-19/h2-7,14H,1,8-13,15H2,(H,28,32). The number of aromatic nitrogens is 1. The van der Waals surface area contributed by atoms with Gasteiger partial charge >= 0.3 is 18.0 Å². The highest BCUT2D eigenvalue weighted by Gasteiger charge is 2.30. The molecule has 35 heavy (non-hydrogen) atoms. The molecule has 0 saturated carbocycles. The summed E-state index contributed by atoms with van der Waals surface area (Å²) in [6.45, 7) is 2.19. The van der Waals surface area contributed by atoms with Crippen LogP contribution in [0.2, 0.25) is 0 Å². The molecule has 4 rings (SSSR count). The van der Waals surface area contributed by atoms with Crippen molar-refractivity contribution < 1.29 is 31.9 Å². The minimum atomic E-state index is -4.41. The van der Waals surface area contributed by atoms with Crippen molar-refractivity contribution in [3.8, 4) is 0 Å². The normalized spacial score (nSPS) is 16.0. The molecule has 0 aliphatic carbocycles. The molecule has 0 atom stereocenters. The molecule has 1 N–H and O–H groups in total. The second-order valence-electron chi connectivity index (χ2n) is 8.32. The molecule has 1 aromatic heterocycles. The van der Waals surface area contributed by atoms with Gasteiger partial charge in [0.1, 0.15) is 6.61 Å². The van der Waals surface area contributed by atoms with Crippen molar-refractivity contribution in [3.63, 3.8) is 0 Å². The number of Topliss-reactive ketones (excluding diaryl/α,β-unsaturated/α-hetero) is 1. The topological polar surface area (TPSA) is 95.9 Å². The second-order valence-corrected chi connectivity index (χ2v) is 8.32. The Kier molecular flexibility index (Phi) is 7.25. The van der Waals surface area contributed by atoms with Crippen LogP contribution in [0, 0.1) is 0 Å². The van der Waals surface area contributed by atoms with Crippen molar-refractivity contribution >= 4 is 23.0 Å². The number of benzene rings is 2. The lowest BCUT2D eigenvalue weighted by Gasteiger charge is -2.21. The number of ether oxygens (including phenoxy) is 1. The van der Waals surface area contributed by atoms with Gasteiger partial charge < -0.3 is 14.1 Å².